The first kappa shape index (κ1) is 16.1. The van der Waals surface area contributed by atoms with E-state index in [2.05, 4.69) is 5.32 Å². The van der Waals surface area contributed by atoms with E-state index in [4.69, 9.17) is 0 Å². The molecule has 0 spiro atoms. The van der Waals surface area contributed by atoms with Gasteiger partial charge in [-0.1, -0.05) is 20.8 Å². The molecule has 1 aromatic rings. The average molecular weight is 280 g/mol. The Balaban J connectivity index is 2.77. The van der Waals surface area contributed by atoms with Crippen LogP contribution in [0.15, 0.2) is 18.2 Å². The molecule has 110 valence electrons. The Bertz CT molecular complexity index is 494. The van der Waals surface area contributed by atoms with E-state index in [9.17, 15) is 20.0 Å². The number of aliphatic hydroxyl groups excluding tert-OH is 1. The molecule has 0 aliphatic heterocycles. The molecular formula is C14H20N2O4. The second kappa shape index (κ2) is 6.47. The van der Waals surface area contributed by atoms with Crippen LogP contribution >= 0.6 is 0 Å². The molecule has 0 heterocycles. The largest absolute Gasteiger partial charge is 0.391 e. The fourth-order valence-electron chi connectivity index (χ4n) is 1.93. The van der Waals surface area contributed by atoms with Crippen LogP contribution in [0.2, 0.25) is 0 Å². The number of carbonyl (C=O) groups excluding carboxylic acids is 1. The molecule has 0 aliphatic rings. The lowest BCUT2D eigenvalue weighted by atomic mass is 9.89. The van der Waals surface area contributed by atoms with Gasteiger partial charge >= 0.3 is 0 Å². The summed E-state index contributed by atoms with van der Waals surface area (Å²) < 4.78 is 0. The Hall–Kier alpha value is -1.95. The number of carbonyl (C=O) groups is 1. The fourth-order valence-corrected chi connectivity index (χ4v) is 1.93. The maximum atomic E-state index is 11.0. The zero-order chi connectivity index (χ0) is 15.3. The zero-order valence-electron chi connectivity index (χ0n) is 11.9. The maximum Gasteiger partial charge on any atom is 0.293 e. The van der Waals surface area contributed by atoms with Gasteiger partial charge < -0.3 is 10.4 Å². The van der Waals surface area contributed by atoms with E-state index in [1.807, 2.05) is 20.8 Å². The minimum absolute atomic E-state index is 0.0194. The summed E-state index contributed by atoms with van der Waals surface area (Å²) in [5.74, 6) is 0. The summed E-state index contributed by atoms with van der Waals surface area (Å²) in [6, 6.07) is 4.19. The third-order valence-corrected chi connectivity index (χ3v) is 2.73. The van der Waals surface area contributed by atoms with Crippen LogP contribution in [0.5, 0.6) is 0 Å². The Labute approximate surface area is 118 Å². The number of nitro benzene ring substituents is 1. The van der Waals surface area contributed by atoms with Gasteiger partial charge in [-0.05, 0) is 24.0 Å². The third-order valence-electron chi connectivity index (χ3n) is 2.73. The number of nitrogens with zero attached hydrogens (tertiary/aromatic N) is 1. The molecule has 20 heavy (non-hydrogen) atoms. The van der Waals surface area contributed by atoms with Crippen molar-refractivity contribution >= 4 is 17.7 Å². The first-order valence-corrected chi connectivity index (χ1v) is 6.38. The molecule has 0 aromatic heterocycles. The number of rotatable bonds is 6. The van der Waals surface area contributed by atoms with Crippen LogP contribution in [0.3, 0.4) is 0 Å². The van der Waals surface area contributed by atoms with Crippen LogP contribution in [-0.2, 0) is 0 Å². The number of benzene rings is 1. The number of nitro groups is 1. The highest BCUT2D eigenvalue weighted by molar-refractivity contribution is 5.79. The summed E-state index contributed by atoms with van der Waals surface area (Å²) in [5.41, 5.74) is 0.359. The van der Waals surface area contributed by atoms with Crippen molar-refractivity contribution in [3.05, 3.63) is 33.9 Å². The molecule has 1 aromatic carbocycles. The van der Waals surface area contributed by atoms with Crippen molar-refractivity contribution in [1.82, 2.24) is 0 Å². The van der Waals surface area contributed by atoms with E-state index >= 15 is 0 Å². The molecule has 1 rings (SSSR count). The molecular weight excluding hydrogens is 260 g/mol. The van der Waals surface area contributed by atoms with E-state index in [0.29, 0.717) is 18.4 Å². The molecule has 0 bridgehead atoms. The van der Waals surface area contributed by atoms with Gasteiger partial charge in [-0.3, -0.25) is 14.9 Å². The highest BCUT2D eigenvalue weighted by Crippen LogP contribution is 2.26. The summed E-state index contributed by atoms with van der Waals surface area (Å²) in [5, 5.41) is 23.7. The van der Waals surface area contributed by atoms with E-state index in [1.165, 1.54) is 18.2 Å². The van der Waals surface area contributed by atoms with Crippen LogP contribution in [0.4, 0.5) is 11.4 Å². The normalized spacial score (nSPS) is 12.8. The SMILES string of the molecule is CC(C)(C)CC(O)CNc1ccc(C=O)cc1[N+](=O)[O-]. The van der Waals surface area contributed by atoms with E-state index in [-0.39, 0.29) is 23.2 Å². The van der Waals surface area contributed by atoms with Crippen molar-refractivity contribution in [2.24, 2.45) is 5.41 Å². The molecule has 1 unspecified atom stereocenters. The highest BCUT2D eigenvalue weighted by atomic mass is 16.6. The van der Waals surface area contributed by atoms with Crippen molar-refractivity contribution in [2.75, 3.05) is 11.9 Å². The minimum Gasteiger partial charge on any atom is -0.391 e. The van der Waals surface area contributed by atoms with Gasteiger partial charge in [-0.2, -0.15) is 0 Å². The van der Waals surface area contributed by atoms with Gasteiger partial charge in [-0.15, -0.1) is 0 Å². The van der Waals surface area contributed by atoms with Gasteiger partial charge in [0.25, 0.3) is 5.69 Å². The first-order chi connectivity index (χ1) is 9.23. The minimum atomic E-state index is -0.597. The van der Waals surface area contributed by atoms with Crippen molar-refractivity contribution in [1.29, 1.82) is 0 Å². The lowest BCUT2D eigenvalue weighted by molar-refractivity contribution is -0.384. The second-order valence-corrected chi connectivity index (χ2v) is 5.95. The number of aldehydes is 1. The van der Waals surface area contributed by atoms with Gasteiger partial charge in [0.15, 0.2) is 0 Å². The van der Waals surface area contributed by atoms with Crippen LogP contribution in [0.25, 0.3) is 0 Å². The lowest BCUT2D eigenvalue weighted by Gasteiger charge is -2.22. The number of hydrogen-bond acceptors (Lipinski definition) is 5. The molecule has 0 saturated carbocycles. The first-order valence-electron chi connectivity index (χ1n) is 6.38. The number of aliphatic hydroxyl groups is 1. The van der Waals surface area contributed by atoms with Crippen LogP contribution in [-0.4, -0.2) is 29.0 Å². The van der Waals surface area contributed by atoms with E-state index < -0.39 is 11.0 Å². The molecule has 0 aliphatic carbocycles. The summed E-state index contributed by atoms with van der Waals surface area (Å²) in [4.78, 5) is 21.0. The fraction of sp³-hybridized carbons (Fsp3) is 0.500. The monoisotopic (exact) mass is 280 g/mol. The van der Waals surface area contributed by atoms with E-state index in [0.717, 1.165) is 0 Å². The smallest absolute Gasteiger partial charge is 0.293 e. The molecule has 6 nitrogen and oxygen atoms in total. The van der Waals surface area contributed by atoms with Crippen LogP contribution in [0.1, 0.15) is 37.6 Å². The van der Waals surface area contributed by atoms with Crippen molar-refractivity contribution in [2.45, 2.75) is 33.3 Å². The highest BCUT2D eigenvalue weighted by Gasteiger charge is 2.19. The van der Waals surface area contributed by atoms with Crippen molar-refractivity contribution < 1.29 is 14.8 Å². The van der Waals surface area contributed by atoms with Gasteiger partial charge in [0, 0.05) is 18.2 Å². The zero-order valence-corrected chi connectivity index (χ0v) is 11.9. The molecule has 0 saturated heterocycles. The van der Waals surface area contributed by atoms with Crippen molar-refractivity contribution in [3.63, 3.8) is 0 Å². The number of hydrogen-bond donors (Lipinski definition) is 2. The standard InChI is InChI=1S/C14H20N2O4/c1-14(2,3)7-11(18)8-15-12-5-4-10(9-17)6-13(12)16(19)20/h4-6,9,11,15,18H,7-8H2,1-3H3. The predicted octanol–water partition coefficient (Wildman–Crippen LogP) is 2.62. The van der Waals surface area contributed by atoms with Crippen molar-refractivity contribution in [3.8, 4) is 0 Å². The number of nitrogens with one attached hydrogen (secondary N) is 1. The Morgan fingerprint density at radius 2 is 2.10 bits per heavy atom. The number of anilines is 1. The maximum absolute atomic E-state index is 11.0. The summed E-state index contributed by atoms with van der Waals surface area (Å²) in [6.45, 7) is 6.26. The molecule has 0 fully saturated rings. The van der Waals surface area contributed by atoms with Gasteiger partial charge in [0.1, 0.15) is 12.0 Å². The summed E-state index contributed by atoms with van der Waals surface area (Å²) in [7, 11) is 0. The van der Waals surface area contributed by atoms with Gasteiger partial charge in [-0.25, -0.2) is 0 Å². The third kappa shape index (κ3) is 4.97. The molecule has 0 amide bonds. The molecule has 0 radical (unpaired) electrons. The predicted molar refractivity (Wildman–Crippen MR) is 77.1 cm³/mol. The molecule has 2 N–H and O–H groups in total. The second-order valence-electron chi connectivity index (χ2n) is 5.95. The van der Waals surface area contributed by atoms with Gasteiger partial charge in [0.2, 0.25) is 0 Å². The Morgan fingerprint density at radius 3 is 2.60 bits per heavy atom. The van der Waals surface area contributed by atoms with Crippen LogP contribution < -0.4 is 5.32 Å². The van der Waals surface area contributed by atoms with Crippen LogP contribution in [0, 0.1) is 15.5 Å². The molecule has 1 atom stereocenters. The topological polar surface area (TPSA) is 92.5 Å². The summed E-state index contributed by atoms with van der Waals surface area (Å²) >= 11 is 0. The quantitative estimate of drug-likeness (QED) is 0.474. The van der Waals surface area contributed by atoms with Gasteiger partial charge in [0.05, 0.1) is 11.0 Å². The summed E-state index contributed by atoms with van der Waals surface area (Å²) in [6.07, 6.45) is 0.547. The average Bonchev–Trinajstić information content (AvgIpc) is 2.34. The lowest BCUT2D eigenvalue weighted by Crippen LogP contribution is -2.25. The Kier molecular flexibility index (Phi) is 5.21. The van der Waals surface area contributed by atoms with E-state index in [1.54, 1.807) is 0 Å². The Morgan fingerprint density at radius 1 is 1.45 bits per heavy atom. The molecule has 6 heteroatoms.